The summed E-state index contributed by atoms with van der Waals surface area (Å²) >= 11 is 0. The van der Waals surface area contributed by atoms with Crippen LogP contribution in [0, 0.1) is 0 Å². The molecule has 2 amide bonds. The molecule has 21 heavy (non-hydrogen) atoms. The minimum atomic E-state index is -1.18. The fraction of sp³-hybridized carbons (Fsp3) is 0.385. The van der Waals surface area contributed by atoms with Crippen LogP contribution in [0.25, 0.3) is 0 Å². The smallest absolute Gasteiger partial charge is 0.407 e. The van der Waals surface area contributed by atoms with E-state index in [0.717, 1.165) is 0 Å². The van der Waals surface area contributed by atoms with E-state index in [9.17, 15) is 14.4 Å². The van der Waals surface area contributed by atoms with Gasteiger partial charge >= 0.3 is 12.1 Å². The number of nitrogens with one attached hydrogen (secondary N) is 1. The summed E-state index contributed by atoms with van der Waals surface area (Å²) in [6.07, 6.45) is 0.0692. The number of carbonyl (C=O) groups excluding carboxylic acids is 2. The van der Waals surface area contributed by atoms with Gasteiger partial charge in [0, 0.05) is 13.1 Å². The summed E-state index contributed by atoms with van der Waals surface area (Å²) in [7, 11) is 1.27. The zero-order valence-corrected chi connectivity index (χ0v) is 11.4. The molecule has 8 heteroatoms. The molecule has 2 heterocycles. The molecule has 1 fully saturated rings. The van der Waals surface area contributed by atoms with E-state index in [1.807, 2.05) is 0 Å². The molecule has 0 bridgehead atoms. The zero-order chi connectivity index (χ0) is 15.4. The van der Waals surface area contributed by atoms with Crippen molar-refractivity contribution in [1.29, 1.82) is 0 Å². The van der Waals surface area contributed by atoms with Crippen molar-refractivity contribution in [2.75, 3.05) is 20.2 Å². The highest BCUT2D eigenvalue weighted by molar-refractivity contribution is 5.94. The summed E-state index contributed by atoms with van der Waals surface area (Å²) in [6, 6.07) is 4.09. The van der Waals surface area contributed by atoms with Gasteiger partial charge in [-0.25, -0.2) is 14.6 Å². The minimum Gasteiger partial charge on any atom is -0.477 e. The van der Waals surface area contributed by atoms with Gasteiger partial charge in [0.15, 0.2) is 0 Å². The van der Waals surface area contributed by atoms with E-state index in [-0.39, 0.29) is 23.3 Å². The van der Waals surface area contributed by atoms with E-state index in [4.69, 9.17) is 5.11 Å². The molecule has 0 spiro atoms. The maximum Gasteiger partial charge on any atom is 0.407 e. The number of hydrogen-bond donors (Lipinski definition) is 2. The van der Waals surface area contributed by atoms with E-state index in [0.29, 0.717) is 19.5 Å². The Morgan fingerprint density at radius 3 is 2.76 bits per heavy atom. The van der Waals surface area contributed by atoms with Crippen molar-refractivity contribution < 1.29 is 24.2 Å². The second kappa shape index (κ2) is 6.21. The number of ether oxygens (including phenoxy) is 1. The van der Waals surface area contributed by atoms with Crippen LogP contribution < -0.4 is 5.32 Å². The van der Waals surface area contributed by atoms with Gasteiger partial charge in [-0.05, 0) is 18.6 Å². The predicted octanol–water partition coefficient (Wildman–Crippen LogP) is 0.350. The first kappa shape index (κ1) is 14.8. The van der Waals surface area contributed by atoms with E-state index in [1.165, 1.54) is 30.2 Å². The summed E-state index contributed by atoms with van der Waals surface area (Å²) in [5.74, 6) is -1.54. The van der Waals surface area contributed by atoms with Gasteiger partial charge in [-0.2, -0.15) is 0 Å². The molecule has 2 N–H and O–H groups in total. The van der Waals surface area contributed by atoms with Crippen LogP contribution in [0.2, 0.25) is 0 Å². The first-order valence-electron chi connectivity index (χ1n) is 6.35. The zero-order valence-electron chi connectivity index (χ0n) is 11.4. The number of carbonyl (C=O) groups is 3. The predicted molar refractivity (Wildman–Crippen MR) is 71.0 cm³/mol. The number of carboxylic acid groups (broad SMARTS) is 1. The molecule has 0 radical (unpaired) electrons. The molecule has 0 aliphatic carbocycles. The Hall–Kier alpha value is -2.64. The van der Waals surface area contributed by atoms with Gasteiger partial charge in [0.1, 0.15) is 11.4 Å². The number of rotatable bonds is 3. The molecule has 112 valence electrons. The van der Waals surface area contributed by atoms with Gasteiger partial charge in [-0.1, -0.05) is 6.07 Å². The van der Waals surface area contributed by atoms with Crippen molar-refractivity contribution in [3.05, 3.63) is 29.6 Å². The maximum absolute atomic E-state index is 12.2. The highest BCUT2D eigenvalue weighted by Crippen LogP contribution is 2.13. The van der Waals surface area contributed by atoms with E-state index in [2.05, 4.69) is 15.0 Å². The van der Waals surface area contributed by atoms with Crippen LogP contribution >= 0.6 is 0 Å². The van der Waals surface area contributed by atoms with Crippen molar-refractivity contribution in [3.8, 4) is 0 Å². The van der Waals surface area contributed by atoms with Gasteiger partial charge in [0.2, 0.25) is 0 Å². The quantitative estimate of drug-likeness (QED) is 0.832. The monoisotopic (exact) mass is 293 g/mol. The molecule has 1 aromatic rings. The van der Waals surface area contributed by atoms with Crippen molar-refractivity contribution in [1.82, 2.24) is 15.2 Å². The summed E-state index contributed by atoms with van der Waals surface area (Å²) in [5.41, 5.74) is -0.0992. The van der Waals surface area contributed by atoms with Crippen LogP contribution in [0.15, 0.2) is 18.2 Å². The van der Waals surface area contributed by atoms with Crippen LogP contribution in [-0.4, -0.2) is 59.2 Å². The Morgan fingerprint density at radius 2 is 2.10 bits per heavy atom. The lowest BCUT2D eigenvalue weighted by molar-refractivity contribution is 0.0690. The third kappa shape index (κ3) is 3.47. The molecule has 8 nitrogen and oxygen atoms in total. The van der Waals surface area contributed by atoms with Gasteiger partial charge in [-0.15, -0.1) is 0 Å². The maximum atomic E-state index is 12.2. The van der Waals surface area contributed by atoms with Crippen LogP contribution in [0.3, 0.4) is 0 Å². The fourth-order valence-electron chi connectivity index (χ4n) is 2.12. The number of amides is 2. The molecule has 1 aromatic heterocycles. The molecule has 2 rings (SSSR count). The molecular formula is C13H15N3O5. The van der Waals surface area contributed by atoms with E-state index >= 15 is 0 Å². The Bertz CT molecular complexity index is 575. The largest absolute Gasteiger partial charge is 0.477 e. The third-order valence-electron chi connectivity index (χ3n) is 3.17. The fourth-order valence-corrected chi connectivity index (χ4v) is 2.12. The summed E-state index contributed by atoms with van der Waals surface area (Å²) < 4.78 is 4.50. The van der Waals surface area contributed by atoms with Gasteiger partial charge in [-0.3, -0.25) is 4.79 Å². The molecule has 1 saturated heterocycles. The van der Waals surface area contributed by atoms with Gasteiger partial charge in [0.05, 0.1) is 13.2 Å². The SMILES string of the molecule is COC(=O)NC1CCN(C(=O)c2cccc(C(=O)O)n2)C1. The molecule has 1 aliphatic heterocycles. The Labute approximate surface area is 120 Å². The Morgan fingerprint density at radius 1 is 1.38 bits per heavy atom. The van der Waals surface area contributed by atoms with Crippen LogP contribution in [-0.2, 0) is 4.74 Å². The van der Waals surface area contributed by atoms with Crippen molar-refractivity contribution >= 4 is 18.0 Å². The second-order valence-corrected chi connectivity index (χ2v) is 4.59. The lowest BCUT2D eigenvalue weighted by Gasteiger charge is -2.16. The van der Waals surface area contributed by atoms with Gasteiger partial charge < -0.3 is 20.1 Å². The molecule has 1 aliphatic rings. The van der Waals surface area contributed by atoms with Crippen molar-refractivity contribution in [3.63, 3.8) is 0 Å². The van der Waals surface area contributed by atoms with Crippen molar-refractivity contribution in [2.24, 2.45) is 0 Å². The summed E-state index contributed by atoms with van der Waals surface area (Å²) in [5, 5.41) is 11.5. The minimum absolute atomic E-state index is 0.0774. The number of likely N-dealkylation sites (tertiary alicyclic amines) is 1. The second-order valence-electron chi connectivity index (χ2n) is 4.59. The standard InChI is InChI=1S/C13H15N3O5/c1-21-13(20)14-8-5-6-16(7-8)11(17)9-3-2-4-10(15-9)12(18)19/h2-4,8H,5-7H2,1H3,(H,14,20)(H,18,19). The van der Waals surface area contributed by atoms with E-state index < -0.39 is 12.1 Å². The highest BCUT2D eigenvalue weighted by atomic mass is 16.5. The number of aromatic carboxylic acids is 1. The van der Waals surface area contributed by atoms with Crippen LogP contribution in [0.5, 0.6) is 0 Å². The summed E-state index contributed by atoms with van der Waals surface area (Å²) in [6.45, 7) is 0.805. The molecule has 0 aromatic carbocycles. The average Bonchev–Trinajstić information content (AvgIpc) is 2.94. The van der Waals surface area contributed by atoms with E-state index in [1.54, 1.807) is 0 Å². The lowest BCUT2D eigenvalue weighted by Crippen LogP contribution is -2.38. The molecular weight excluding hydrogens is 278 g/mol. The number of hydrogen-bond acceptors (Lipinski definition) is 5. The molecule has 0 saturated carbocycles. The first-order valence-corrected chi connectivity index (χ1v) is 6.35. The number of methoxy groups -OCH3 is 1. The molecule has 1 atom stereocenters. The number of pyridine rings is 1. The lowest BCUT2D eigenvalue weighted by atomic mass is 10.2. The number of nitrogens with zero attached hydrogens (tertiary/aromatic N) is 2. The number of aromatic nitrogens is 1. The normalized spacial score (nSPS) is 17.4. The van der Waals surface area contributed by atoms with Crippen molar-refractivity contribution in [2.45, 2.75) is 12.5 Å². The summed E-state index contributed by atoms with van der Waals surface area (Å²) in [4.78, 5) is 39.6. The first-order chi connectivity index (χ1) is 10.0. The average molecular weight is 293 g/mol. The van der Waals surface area contributed by atoms with Crippen LogP contribution in [0.1, 0.15) is 27.4 Å². The highest BCUT2D eigenvalue weighted by Gasteiger charge is 2.29. The topological polar surface area (TPSA) is 109 Å². The van der Waals surface area contributed by atoms with Crippen LogP contribution in [0.4, 0.5) is 4.79 Å². The number of alkyl carbamates (subject to hydrolysis) is 1. The Kier molecular flexibility index (Phi) is 4.36. The molecule has 1 unspecified atom stereocenters. The van der Waals surface area contributed by atoms with Gasteiger partial charge in [0.25, 0.3) is 5.91 Å². The Balaban J connectivity index is 2.03. The third-order valence-corrected chi connectivity index (χ3v) is 3.17. The number of carboxylic acids is 1.